The van der Waals surface area contributed by atoms with Gasteiger partial charge in [-0.25, -0.2) is 13.8 Å². The topological polar surface area (TPSA) is 47.3 Å². The van der Waals surface area contributed by atoms with Crippen LogP contribution in [0.3, 0.4) is 0 Å². The van der Waals surface area contributed by atoms with Crippen LogP contribution in [-0.2, 0) is 17.6 Å². The number of aromatic nitrogens is 1. The molecule has 0 fully saturated rings. The maximum Gasteiger partial charge on any atom is 0.261 e. The SMILES string of the molecule is CNCCc1ncc(CCOCC(F)F)o1. The zero-order chi connectivity index (χ0) is 11.8. The fourth-order valence-corrected chi connectivity index (χ4v) is 1.16. The molecule has 0 saturated heterocycles. The average Bonchev–Trinajstić information content (AvgIpc) is 2.69. The average molecular weight is 234 g/mol. The van der Waals surface area contributed by atoms with Gasteiger partial charge in [0.25, 0.3) is 6.43 Å². The number of nitrogens with one attached hydrogen (secondary N) is 1. The summed E-state index contributed by atoms with van der Waals surface area (Å²) in [5, 5.41) is 2.98. The van der Waals surface area contributed by atoms with Crippen LogP contribution in [0.15, 0.2) is 10.6 Å². The van der Waals surface area contributed by atoms with Crippen LogP contribution in [0.4, 0.5) is 8.78 Å². The molecule has 1 aromatic heterocycles. The first-order valence-electron chi connectivity index (χ1n) is 5.16. The highest BCUT2D eigenvalue weighted by atomic mass is 19.3. The number of halogens is 2. The molecule has 0 spiro atoms. The van der Waals surface area contributed by atoms with Crippen molar-refractivity contribution in [2.75, 3.05) is 26.8 Å². The highest BCUT2D eigenvalue weighted by Gasteiger charge is 2.05. The number of oxazole rings is 1. The standard InChI is InChI=1S/C10H16F2N2O2/c1-13-4-2-10-14-6-8(16-10)3-5-15-7-9(11)12/h6,9,13H,2-5,7H2,1H3. The minimum Gasteiger partial charge on any atom is -0.446 e. The number of rotatable bonds is 8. The Kier molecular flexibility index (Phi) is 5.95. The Morgan fingerprint density at radius 3 is 3.00 bits per heavy atom. The first-order valence-corrected chi connectivity index (χ1v) is 5.16. The molecule has 0 radical (unpaired) electrons. The van der Waals surface area contributed by atoms with Gasteiger partial charge < -0.3 is 14.5 Å². The van der Waals surface area contributed by atoms with Gasteiger partial charge in [0, 0.05) is 19.4 Å². The quantitative estimate of drug-likeness (QED) is 0.688. The molecule has 1 heterocycles. The van der Waals surface area contributed by atoms with Crippen LogP contribution in [0.2, 0.25) is 0 Å². The number of likely N-dealkylation sites (N-methyl/N-ethyl adjacent to an activating group) is 1. The van der Waals surface area contributed by atoms with E-state index in [0.717, 1.165) is 6.54 Å². The summed E-state index contributed by atoms with van der Waals surface area (Å²) in [5.41, 5.74) is 0. The second-order valence-electron chi connectivity index (χ2n) is 3.29. The van der Waals surface area contributed by atoms with E-state index in [9.17, 15) is 8.78 Å². The second-order valence-corrected chi connectivity index (χ2v) is 3.29. The zero-order valence-electron chi connectivity index (χ0n) is 9.21. The van der Waals surface area contributed by atoms with Gasteiger partial charge in [0.05, 0.1) is 12.8 Å². The van der Waals surface area contributed by atoms with Crippen molar-refractivity contribution in [2.24, 2.45) is 0 Å². The molecule has 1 rings (SSSR count). The third kappa shape index (κ3) is 5.18. The molecule has 0 bridgehead atoms. The highest BCUT2D eigenvalue weighted by Crippen LogP contribution is 2.05. The molecule has 0 aliphatic rings. The zero-order valence-corrected chi connectivity index (χ0v) is 9.21. The largest absolute Gasteiger partial charge is 0.446 e. The Balaban J connectivity index is 2.19. The van der Waals surface area contributed by atoms with E-state index in [-0.39, 0.29) is 6.61 Å². The molecule has 0 amide bonds. The molecule has 0 atom stereocenters. The molecular formula is C10H16F2N2O2. The summed E-state index contributed by atoms with van der Waals surface area (Å²) >= 11 is 0. The minimum atomic E-state index is -2.42. The number of nitrogens with zero attached hydrogens (tertiary/aromatic N) is 1. The van der Waals surface area contributed by atoms with Crippen molar-refractivity contribution >= 4 is 0 Å². The lowest BCUT2D eigenvalue weighted by molar-refractivity contribution is 0.0176. The monoisotopic (exact) mass is 234 g/mol. The van der Waals surface area contributed by atoms with Gasteiger partial charge in [-0.15, -0.1) is 0 Å². The van der Waals surface area contributed by atoms with Gasteiger partial charge >= 0.3 is 0 Å². The highest BCUT2D eigenvalue weighted by molar-refractivity contribution is 4.94. The van der Waals surface area contributed by atoms with E-state index < -0.39 is 13.0 Å². The first-order chi connectivity index (χ1) is 7.72. The summed E-state index contributed by atoms with van der Waals surface area (Å²) in [6, 6.07) is 0. The van der Waals surface area contributed by atoms with Gasteiger partial charge in [0.15, 0.2) is 5.89 Å². The van der Waals surface area contributed by atoms with Gasteiger partial charge in [-0.1, -0.05) is 0 Å². The fourth-order valence-electron chi connectivity index (χ4n) is 1.16. The van der Waals surface area contributed by atoms with Gasteiger partial charge in [0.2, 0.25) is 0 Å². The molecule has 0 saturated carbocycles. The summed E-state index contributed by atoms with van der Waals surface area (Å²) in [6.45, 7) is 0.494. The lowest BCUT2D eigenvalue weighted by atomic mass is 10.4. The van der Waals surface area contributed by atoms with E-state index in [4.69, 9.17) is 9.15 Å². The van der Waals surface area contributed by atoms with Crippen LogP contribution in [0.1, 0.15) is 11.7 Å². The van der Waals surface area contributed by atoms with E-state index in [2.05, 4.69) is 10.3 Å². The second kappa shape index (κ2) is 7.29. The maximum atomic E-state index is 11.7. The van der Waals surface area contributed by atoms with Crippen LogP contribution in [-0.4, -0.2) is 38.2 Å². The molecule has 16 heavy (non-hydrogen) atoms. The van der Waals surface area contributed by atoms with Crippen molar-refractivity contribution in [2.45, 2.75) is 19.3 Å². The molecule has 0 aliphatic heterocycles. The molecule has 1 aromatic rings. The molecule has 0 aromatic carbocycles. The molecular weight excluding hydrogens is 218 g/mol. The Morgan fingerprint density at radius 2 is 2.31 bits per heavy atom. The van der Waals surface area contributed by atoms with E-state index in [1.165, 1.54) is 0 Å². The summed E-state index contributed by atoms with van der Waals surface area (Å²) in [5.74, 6) is 1.32. The third-order valence-corrected chi connectivity index (χ3v) is 1.93. The van der Waals surface area contributed by atoms with Crippen LogP contribution in [0.5, 0.6) is 0 Å². The molecule has 4 nitrogen and oxygen atoms in total. The number of hydrogen-bond acceptors (Lipinski definition) is 4. The predicted octanol–water partition coefficient (Wildman–Crippen LogP) is 1.26. The van der Waals surface area contributed by atoms with Crippen molar-refractivity contribution in [1.29, 1.82) is 0 Å². The van der Waals surface area contributed by atoms with Crippen LogP contribution in [0.25, 0.3) is 0 Å². The van der Waals surface area contributed by atoms with Gasteiger partial charge in [0.1, 0.15) is 12.4 Å². The van der Waals surface area contributed by atoms with Gasteiger partial charge in [-0.2, -0.15) is 0 Å². The van der Waals surface area contributed by atoms with E-state index in [1.54, 1.807) is 6.20 Å². The maximum absolute atomic E-state index is 11.7. The Hall–Kier alpha value is -1.01. The number of ether oxygens (including phenoxy) is 1. The molecule has 6 heteroatoms. The van der Waals surface area contributed by atoms with E-state index in [0.29, 0.717) is 24.5 Å². The van der Waals surface area contributed by atoms with E-state index >= 15 is 0 Å². The molecule has 92 valence electrons. The summed E-state index contributed by atoms with van der Waals surface area (Å²) in [7, 11) is 1.85. The van der Waals surface area contributed by atoms with Gasteiger partial charge in [-0.3, -0.25) is 0 Å². The molecule has 0 unspecified atom stereocenters. The van der Waals surface area contributed by atoms with Crippen LogP contribution in [0, 0.1) is 0 Å². The van der Waals surface area contributed by atoms with Crippen molar-refractivity contribution in [3.8, 4) is 0 Å². The van der Waals surface area contributed by atoms with Crippen molar-refractivity contribution in [3.63, 3.8) is 0 Å². The lowest BCUT2D eigenvalue weighted by Gasteiger charge is -2.00. The Morgan fingerprint density at radius 1 is 1.50 bits per heavy atom. The fraction of sp³-hybridized carbons (Fsp3) is 0.700. The lowest BCUT2D eigenvalue weighted by Crippen LogP contribution is -2.10. The van der Waals surface area contributed by atoms with Crippen LogP contribution >= 0.6 is 0 Å². The number of hydrogen-bond donors (Lipinski definition) is 1. The summed E-state index contributed by atoms with van der Waals surface area (Å²) in [4.78, 5) is 4.06. The normalized spacial score (nSPS) is 11.2. The summed E-state index contributed by atoms with van der Waals surface area (Å²) in [6.07, 6.45) is 0.380. The molecule has 0 aliphatic carbocycles. The van der Waals surface area contributed by atoms with Crippen molar-refractivity contribution in [3.05, 3.63) is 17.8 Å². The number of alkyl halides is 2. The minimum absolute atomic E-state index is 0.227. The van der Waals surface area contributed by atoms with Crippen molar-refractivity contribution in [1.82, 2.24) is 10.3 Å². The Labute approximate surface area is 93.0 Å². The first kappa shape index (κ1) is 13.1. The van der Waals surface area contributed by atoms with Gasteiger partial charge in [-0.05, 0) is 7.05 Å². The predicted molar refractivity (Wildman–Crippen MR) is 54.7 cm³/mol. The van der Waals surface area contributed by atoms with E-state index in [1.807, 2.05) is 7.05 Å². The third-order valence-electron chi connectivity index (χ3n) is 1.93. The summed E-state index contributed by atoms with van der Waals surface area (Å²) < 4.78 is 33.6. The van der Waals surface area contributed by atoms with Crippen LogP contribution < -0.4 is 5.32 Å². The molecule has 1 N–H and O–H groups in total. The smallest absolute Gasteiger partial charge is 0.261 e. The van der Waals surface area contributed by atoms with Crippen molar-refractivity contribution < 1.29 is 17.9 Å². The Bertz CT molecular complexity index is 292.